The van der Waals surface area contributed by atoms with E-state index in [1.807, 2.05) is 17.0 Å². The summed E-state index contributed by atoms with van der Waals surface area (Å²) in [4.78, 5) is 20.3. The van der Waals surface area contributed by atoms with Gasteiger partial charge in [-0.2, -0.15) is 0 Å². The molecular weight excluding hydrogens is 304 g/mol. The summed E-state index contributed by atoms with van der Waals surface area (Å²) in [5, 5.41) is 3.35. The van der Waals surface area contributed by atoms with Crippen LogP contribution in [-0.2, 0) is 11.3 Å². The van der Waals surface area contributed by atoms with Crippen molar-refractivity contribution >= 4 is 11.9 Å². The lowest BCUT2D eigenvalue weighted by Crippen LogP contribution is -2.53. The third kappa shape index (κ3) is 4.88. The van der Waals surface area contributed by atoms with E-state index >= 15 is 0 Å². The van der Waals surface area contributed by atoms with Crippen molar-refractivity contribution in [2.45, 2.75) is 27.3 Å². The highest BCUT2D eigenvalue weighted by Gasteiger charge is 2.20. The SMILES string of the molecule is CCNC(=NCc1cc(C)cc(OC)c1)N1CCN(C(C)=O)CC1. The van der Waals surface area contributed by atoms with Gasteiger partial charge in [-0.3, -0.25) is 4.79 Å². The van der Waals surface area contributed by atoms with Gasteiger partial charge in [0.25, 0.3) is 0 Å². The van der Waals surface area contributed by atoms with Crippen molar-refractivity contribution in [1.82, 2.24) is 15.1 Å². The Morgan fingerprint density at radius 2 is 1.88 bits per heavy atom. The Morgan fingerprint density at radius 1 is 1.21 bits per heavy atom. The van der Waals surface area contributed by atoms with Crippen LogP contribution >= 0.6 is 0 Å². The summed E-state index contributed by atoms with van der Waals surface area (Å²) < 4.78 is 5.33. The fourth-order valence-electron chi connectivity index (χ4n) is 2.86. The molecule has 1 N–H and O–H groups in total. The molecule has 0 aromatic heterocycles. The molecule has 0 unspecified atom stereocenters. The lowest BCUT2D eigenvalue weighted by Gasteiger charge is -2.36. The van der Waals surface area contributed by atoms with Crippen LogP contribution in [0.5, 0.6) is 5.75 Å². The Bertz CT molecular complexity index is 593. The standard InChI is InChI=1S/C18H28N4O2/c1-5-19-18(22-8-6-21(7-9-22)15(3)23)20-13-16-10-14(2)11-17(12-16)24-4/h10-12H,5-9,13H2,1-4H3,(H,19,20). The average molecular weight is 332 g/mol. The Labute approximate surface area is 144 Å². The maximum absolute atomic E-state index is 11.5. The first-order valence-electron chi connectivity index (χ1n) is 8.46. The number of nitrogens with one attached hydrogen (secondary N) is 1. The molecule has 0 spiro atoms. The van der Waals surface area contributed by atoms with Crippen LogP contribution < -0.4 is 10.1 Å². The highest BCUT2D eigenvalue weighted by Crippen LogP contribution is 2.17. The fraction of sp³-hybridized carbons (Fsp3) is 0.556. The van der Waals surface area contributed by atoms with Crippen molar-refractivity contribution in [3.05, 3.63) is 29.3 Å². The van der Waals surface area contributed by atoms with E-state index in [0.29, 0.717) is 6.54 Å². The number of aryl methyl sites for hydroxylation is 1. The lowest BCUT2D eigenvalue weighted by molar-refractivity contribution is -0.130. The Kier molecular flexibility index (Phi) is 6.46. The van der Waals surface area contributed by atoms with Gasteiger partial charge in [-0.1, -0.05) is 6.07 Å². The van der Waals surface area contributed by atoms with Crippen LogP contribution in [0.1, 0.15) is 25.0 Å². The molecule has 1 aromatic rings. The lowest BCUT2D eigenvalue weighted by atomic mass is 10.1. The van der Waals surface area contributed by atoms with Crippen LogP contribution in [0, 0.1) is 6.92 Å². The van der Waals surface area contributed by atoms with Crippen molar-refractivity contribution in [3.63, 3.8) is 0 Å². The number of carbonyl (C=O) groups excluding carboxylic acids is 1. The number of rotatable bonds is 4. The quantitative estimate of drug-likeness (QED) is 0.673. The zero-order valence-electron chi connectivity index (χ0n) is 15.1. The van der Waals surface area contributed by atoms with E-state index in [2.05, 4.69) is 30.1 Å². The number of guanidine groups is 1. The molecule has 0 atom stereocenters. The summed E-state index contributed by atoms with van der Waals surface area (Å²) in [6, 6.07) is 6.16. The van der Waals surface area contributed by atoms with E-state index in [1.165, 1.54) is 5.56 Å². The highest BCUT2D eigenvalue weighted by atomic mass is 16.5. The summed E-state index contributed by atoms with van der Waals surface area (Å²) in [5.41, 5.74) is 2.30. The van der Waals surface area contributed by atoms with Gasteiger partial charge in [0.05, 0.1) is 13.7 Å². The van der Waals surface area contributed by atoms with Crippen LogP contribution in [0.4, 0.5) is 0 Å². The first kappa shape index (κ1) is 18.1. The van der Waals surface area contributed by atoms with Crippen molar-refractivity contribution in [2.75, 3.05) is 39.8 Å². The van der Waals surface area contributed by atoms with Crippen LogP contribution in [0.2, 0.25) is 0 Å². The molecule has 0 radical (unpaired) electrons. The van der Waals surface area contributed by atoms with Crippen molar-refractivity contribution in [3.8, 4) is 5.75 Å². The van der Waals surface area contributed by atoms with E-state index < -0.39 is 0 Å². The second-order valence-corrected chi connectivity index (χ2v) is 6.02. The van der Waals surface area contributed by atoms with E-state index in [1.54, 1.807) is 14.0 Å². The van der Waals surface area contributed by atoms with Gasteiger partial charge in [0.15, 0.2) is 5.96 Å². The second-order valence-electron chi connectivity index (χ2n) is 6.02. The van der Waals surface area contributed by atoms with Gasteiger partial charge in [0.2, 0.25) is 5.91 Å². The smallest absolute Gasteiger partial charge is 0.219 e. The van der Waals surface area contributed by atoms with Crippen LogP contribution in [0.15, 0.2) is 23.2 Å². The van der Waals surface area contributed by atoms with Crippen LogP contribution in [0.3, 0.4) is 0 Å². The number of piperazine rings is 1. The van der Waals surface area contributed by atoms with Gasteiger partial charge in [-0.25, -0.2) is 4.99 Å². The normalized spacial score (nSPS) is 15.4. The van der Waals surface area contributed by atoms with Crippen molar-refractivity contribution in [2.24, 2.45) is 4.99 Å². The molecule has 2 rings (SSSR count). The zero-order chi connectivity index (χ0) is 17.5. The minimum atomic E-state index is 0.142. The Balaban J connectivity index is 2.06. The molecule has 0 saturated carbocycles. The number of hydrogen-bond acceptors (Lipinski definition) is 3. The van der Waals surface area contributed by atoms with Crippen molar-refractivity contribution < 1.29 is 9.53 Å². The zero-order valence-corrected chi connectivity index (χ0v) is 15.1. The van der Waals surface area contributed by atoms with Gasteiger partial charge in [-0.15, -0.1) is 0 Å². The molecule has 1 aliphatic heterocycles. The second kappa shape index (κ2) is 8.57. The Hall–Kier alpha value is -2.24. The molecule has 0 bridgehead atoms. The molecule has 1 aromatic carbocycles. The third-order valence-electron chi connectivity index (χ3n) is 4.12. The number of methoxy groups -OCH3 is 1. The molecule has 24 heavy (non-hydrogen) atoms. The molecular formula is C18H28N4O2. The average Bonchev–Trinajstić information content (AvgIpc) is 2.58. The summed E-state index contributed by atoms with van der Waals surface area (Å²) in [5.74, 6) is 1.91. The molecule has 0 aliphatic carbocycles. The maximum Gasteiger partial charge on any atom is 0.219 e. The largest absolute Gasteiger partial charge is 0.497 e. The first-order chi connectivity index (χ1) is 11.5. The molecule has 6 heteroatoms. The molecule has 1 heterocycles. The van der Waals surface area contributed by atoms with Crippen LogP contribution in [-0.4, -0.2) is 61.5 Å². The van der Waals surface area contributed by atoms with Gasteiger partial charge in [0.1, 0.15) is 5.75 Å². The molecule has 1 fully saturated rings. The number of benzene rings is 1. The maximum atomic E-state index is 11.5. The molecule has 132 valence electrons. The number of amides is 1. The molecule has 1 aliphatic rings. The summed E-state index contributed by atoms with van der Waals surface area (Å²) >= 11 is 0. The summed E-state index contributed by atoms with van der Waals surface area (Å²) in [6.45, 7) is 10.3. The van der Waals surface area contributed by atoms with E-state index in [9.17, 15) is 4.79 Å². The first-order valence-corrected chi connectivity index (χ1v) is 8.46. The minimum absolute atomic E-state index is 0.142. The number of hydrogen-bond donors (Lipinski definition) is 1. The number of ether oxygens (including phenoxy) is 1. The number of carbonyl (C=O) groups is 1. The molecule has 6 nitrogen and oxygen atoms in total. The number of nitrogens with zero attached hydrogens (tertiary/aromatic N) is 3. The molecule has 1 saturated heterocycles. The van der Waals surface area contributed by atoms with Crippen LogP contribution in [0.25, 0.3) is 0 Å². The minimum Gasteiger partial charge on any atom is -0.497 e. The number of aliphatic imine (C=N–C) groups is 1. The third-order valence-corrected chi connectivity index (χ3v) is 4.12. The van der Waals surface area contributed by atoms with Gasteiger partial charge in [0, 0.05) is 39.6 Å². The van der Waals surface area contributed by atoms with E-state index in [4.69, 9.17) is 9.73 Å². The monoisotopic (exact) mass is 332 g/mol. The predicted molar refractivity (Wildman–Crippen MR) is 96.4 cm³/mol. The van der Waals surface area contributed by atoms with E-state index in [0.717, 1.165) is 50.0 Å². The van der Waals surface area contributed by atoms with E-state index in [-0.39, 0.29) is 5.91 Å². The summed E-state index contributed by atoms with van der Waals surface area (Å²) in [7, 11) is 1.68. The summed E-state index contributed by atoms with van der Waals surface area (Å²) in [6.07, 6.45) is 0. The highest BCUT2D eigenvalue weighted by molar-refractivity contribution is 5.80. The molecule has 1 amide bonds. The van der Waals surface area contributed by atoms with Crippen molar-refractivity contribution in [1.29, 1.82) is 0 Å². The Morgan fingerprint density at radius 3 is 2.46 bits per heavy atom. The topological polar surface area (TPSA) is 57.2 Å². The van der Waals surface area contributed by atoms with Gasteiger partial charge >= 0.3 is 0 Å². The fourth-order valence-corrected chi connectivity index (χ4v) is 2.86. The van der Waals surface area contributed by atoms with Gasteiger partial charge in [-0.05, 0) is 37.1 Å². The van der Waals surface area contributed by atoms with Gasteiger partial charge < -0.3 is 19.9 Å². The predicted octanol–water partition coefficient (Wildman–Crippen LogP) is 1.63.